The molecule has 0 aliphatic carbocycles. The van der Waals surface area contributed by atoms with E-state index in [1.807, 2.05) is 43.4 Å². The predicted octanol–water partition coefficient (Wildman–Crippen LogP) is 3.30. The van der Waals surface area contributed by atoms with Crippen LogP contribution in [0.5, 0.6) is 0 Å². The van der Waals surface area contributed by atoms with Gasteiger partial charge in [-0.05, 0) is 43.3 Å². The lowest BCUT2D eigenvalue weighted by molar-refractivity contribution is -0.117. The van der Waals surface area contributed by atoms with E-state index >= 15 is 0 Å². The summed E-state index contributed by atoms with van der Waals surface area (Å²) < 4.78 is 2.08. The summed E-state index contributed by atoms with van der Waals surface area (Å²) in [5.41, 5.74) is 3.52. The molecule has 1 atom stereocenters. The number of ketones is 1. The van der Waals surface area contributed by atoms with Crippen LogP contribution in [0, 0.1) is 0 Å². The molecule has 0 bridgehead atoms. The predicted molar refractivity (Wildman–Crippen MR) is 96.9 cm³/mol. The van der Waals surface area contributed by atoms with Gasteiger partial charge in [-0.15, -0.1) is 0 Å². The second kappa shape index (κ2) is 5.84. The van der Waals surface area contributed by atoms with Crippen LogP contribution >= 0.6 is 0 Å². The van der Waals surface area contributed by atoms with Crippen molar-refractivity contribution >= 4 is 28.4 Å². The summed E-state index contributed by atoms with van der Waals surface area (Å²) in [6.45, 7) is 2.15. The number of hydrogen-bond acceptors (Lipinski definition) is 3. The number of nitrogens with zero attached hydrogens (tertiary/aromatic N) is 3. The van der Waals surface area contributed by atoms with Gasteiger partial charge in [0.05, 0.1) is 11.0 Å². The SMILES string of the molecule is CC(=O)c1ccc(N2CC(c3nc4ccccc4n3C)CC2=O)cc1. The first-order chi connectivity index (χ1) is 12.0. The molecule has 1 aliphatic heterocycles. The highest BCUT2D eigenvalue weighted by Crippen LogP contribution is 2.32. The van der Waals surface area contributed by atoms with E-state index in [0.29, 0.717) is 18.5 Å². The molecule has 25 heavy (non-hydrogen) atoms. The maximum absolute atomic E-state index is 12.5. The van der Waals surface area contributed by atoms with Gasteiger partial charge in [0, 0.05) is 37.2 Å². The summed E-state index contributed by atoms with van der Waals surface area (Å²) in [6.07, 6.45) is 0.450. The maximum Gasteiger partial charge on any atom is 0.227 e. The molecule has 1 aromatic heterocycles. The number of carbonyl (C=O) groups is 2. The topological polar surface area (TPSA) is 55.2 Å². The highest BCUT2D eigenvalue weighted by molar-refractivity contribution is 5.98. The first-order valence-corrected chi connectivity index (χ1v) is 8.37. The lowest BCUT2D eigenvalue weighted by Gasteiger charge is -2.17. The van der Waals surface area contributed by atoms with Gasteiger partial charge >= 0.3 is 0 Å². The number of anilines is 1. The smallest absolute Gasteiger partial charge is 0.227 e. The van der Waals surface area contributed by atoms with Crippen LogP contribution in [0.4, 0.5) is 5.69 Å². The minimum atomic E-state index is 0.0249. The van der Waals surface area contributed by atoms with Crippen LogP contribution in [-0.2, 0) is 11.8 Å². The Labute approximate surface area is 145 Å². The van der Waals surface area contributed by atoms with Gasteiger partial charge in [-0.3, -0.25) is 9.59 Å². The zero-order chi connectivity index (χ0) is 17.6. The van der Waals surface area contributed by atoms with Gasteiger partial charge in [0.1, 0.15) is 5.82 Å². The average molecular weight is 333 g/mol. The number of amides is 1. The highest BCUT2D eigenvalue weighted by Gasteiger charge is 2.34. The number of para-hydroxylation sites is 2. The van der Waals surface area contributed by atoms with Gasteiger partial charge in [-0.1, -0.05) is 12.1 Å². The van der Waals surface area contributed by atoms with E-state index in [2.05, 4.69) is 4.57 Å². The Bertz CT molecular complexity index is 972. The van der Waals surface area contributed by atoms with Crippen LogP contribution in [0.25, 0.3) is 11.0 Å². The fourth-order valence-corrected chi connectivity index (χ4v) is 3.54. The standard InChI is InChI=1S/C20H19N3O2/c1-13(24)14-7-9-16(10-8-14)23-12-15(11-19(23)25)20-21-17-5-3-4-6-18(17)22(20)2/h3-10,15H,11-12H2,1-2H3. The molecule has 3 aromatic rings. The van der Waals surface area contributed by atoms with Crippen molar-refractivity contribution in [3.63, 3.8) is 0 Å². The van der Waals surface area contributed by atoms with Crippen molar-refractivity contribution in [2.24, 2.45) is 7.05 Å². The maximum atomic E-state index is 12.5. The number of aryl methyl sites for hydroxylation is 1. The molecular weight excluding hydrogens is 314 g/mol. The number of aromatic nitrogens is 2. The second-order valence-electron chi connectivity index (χ2n) is 6.53. The van der Waals surface area contributed by atoms with Gasteiger partial charge in [-0.25, -0.2) is 4.98 Å². The number of carbonyl (C=O) groups excluding carboxylic acids is 2. The van der Waals surface area contributed by atoms with E-state index in [1.54, 1.807) is 17.0 Å². The number of fused-ring (bicyclic) bond motifs is 1. The summed E-state index contributed by atoms with van der Waals surface area (Å²) in [7, 11) is 2.00. The molecule has 1 aliphatic rings. The van der Waals surface area contributed by atoms with E-state index in [-0.39, 0.29) is 17.6 Å². The molecule has 2 heterocycles. The minimum absolute atomic E-state index is 0.0249. The van der Waals surface area contributed by atoms with Gasteiger partial charge < -0.3 is 9.47 Å². The molecule has 5 nitrogen and oxygen atoms in total. The van der Waals surface area contributed by atoms with Crippen LogP contribution in [-0.4, -0.2) is 27.8 Å². The average Bonchev–Trinajstić information content (AvgIpc) is 3.16. The molecule has 1 saturated heterocycles. The molecule has 0 radical (unpaired) electrons. The third-order valence-electron chi connectivity index (χ3n) is 4.90. The fraction of sp³-hybridized carbons (Fsp3) is 0.250. The molecule has 0 saturated carbocycles. The molecule has 1 fully saturated rings. The lowest BCUT2D eigenvalue weighted by atomic mass is 10.1. The van der Waals surface area contributed by atoms with Crippen molar-refractivity contribution in [3.05, 3.63) is 59.9 Å². The summed E-state index contributed by atoms with van der Waals surface area (Å²) in [4.78, 5) is 30.5. The zero-order valence-electron chi connectivity index (χ0n) is 14.3. The summed E-state index contributed by atoms with van der Waals surface area (Å²) in [5, 5.41) is 0. The Morgan fingerprint density at radius 2 is 1.84 bits per heavy atom. The molecule has 4 rings (SSSR count). The molecule has 126 valence electrons. The van der Waals surface area contributed by atoms with Crippen LogP contribution in [0.3, 0.4) is 0 Å². The fourth-order valence-electron chi connectivity index (χ4n) is 3.54. The van der Waals surface area contributed by atoms with Crippen molar-refractivity contribution in [2.75, 3.05) is 11.4 Å². The highest BCUT2D eigenvalue weighted by atomic mass is 16.2. The van der Waals surface area contributed by atoms with Crippen molar-refractivity contribution in [1.82, 2.24) is 9.55 Å². The van der Waals surface area contributed by atoms with E-state index in [4.69, 9.17) is 4.98 Å². The quantitative estimate of drug-likeness (QED) is 0.691. The van der Waals surface area contributed by atoms with Gasteiger partial charge in [0.2, 0.25) is 5.91 Å². The zero-order valence-corrected chi connectivity index (χ0v) is 14.3. The Kier molecular flexibility index (Phi) is 3.64. The number of Topliss-reactive ketones (excluding diaryl/α,β-unsaturated/α-hetero) is 1. The van der Waals surface area contributed by atoms with E-state index in [0.717, 1.165) is 22.5 Å². The first kappa shape index (κ1) is 15.6. The molecule has 0 spiro atoms. The summed E-state index contributed by atoms with van der Waals surface area (Å²) in [6, 6.07) is 15.2. The van der Waals surface area contributed by atoms with Crippen LogP contribution < -0.4 is 4.90 Å². The van der Waals surface area contributed by atoms with Crippen LogP contribution in [0.1, 0.15) is 35.4 Å². The Morgan fingerprint density at radius 1 is 1.12 bits per heavy atom. The molecule has 0 N–H and O–H groups in total. The first-order valence-electron chi connectivity index (χ1n) is 8.37. The number of hydrogen-bond donors (Lipinski definition) is 0. The largest absolute Gasteiger partial charge is 0.331 e. The van der Waals surface area contributed by atoms with Crippen molar-refractivity contribution < 1.29 is 9.59 Å². The molecule has 1 unspecified atom stereocenters. The summed E-state index contributed by atoms with van der Waals surface area (Å²) in [5.74, 6) is 1.12. The number of imidazole rings is 1. The number of rotatable bonds is 3. The minimum Gasteiger partial charge on any atom is -0.331 e. The van der Waals surface area contributed by atoms with Crippen molar-refractivity contribution in [1.29, 1.82) is 0 Å². The lowest BCUT2D eigenvalue weighted by Crippen LogP contribution is -2.24. The van der Waals surface area contributed by atoms with Gasteiger partial charge in [0.15, 0.2) is 5.78 Å². The normalized spacial score (nSPS) is 17.4. The van der Waals surface area contributed by atoms with E-state index in [9.17, 15) is 9.59 Å². The number of benzene rings is 2. The Balaban J connectivity index is 1.63. The molecule has 5 heteroatoms. The molecular formula is C20H19N3O2. The Morgan fingerprint density at radius 3 is 2.52 bits per heavy atom. The van der Waals surface area contributed by atoms with Crippen LogP contribution in [0.2, 0.25) is 0 Å². The molecule has 1 amide bonds. The van der Waals surface area contributed by atoms with E-state index in [1.165, 1.54) is 6.92 Å². The monoisotopic (exact) mass is 333 g/mol. The van der Waals surface area contributed by atoms with Gasteiger partial charge in [0.25, 0.3) is 0 Å². The van der Waals surface area contributed by atoms with Gasteiger partial charge in [-0.2, -0.15) is 0 Å². The summed E-state index contributed by atoms with van der Waals surface area (Å²) >= 11 is 0. The third-order valence-corrected chi connectivity index (χ3v) is 4.90. The van der Waals surface area contributed by atoms with Crippen molar-refractivity contribution in [3.8, 4) is 0 Å². The van der Waals surface area contributed by atoms with Crippen molar-refractivity contribution in [2.45, 2.75) is 19.3 Å². The molecule has 2 aromatic carbocycles. The van der Waals surface area contributed by atoms with Crippen LogP contribution in [0.15, 0.2) is 48.5 Å². The third kappa shape index (κ3) is 2.61. The second-order valence-corrected chi connectivity index (χ2v) is 6.53. The Hall–Kier alpha value is -2.95. The van der Waals surface area contributed by atoms with E-state index < -0.39 is 0 Å².